The van der Waals surface area contributed by atoms with Crippen LogP contribution in [-0.2, 0) is 20.8 Å². The summed E-state index contributed by atoms with van der Waals surface area (Å²) in [6, 6.07) is 29.9. The first kappa shape index (κ1) is 23.5. The molecule has 0 aliphatic carbocycles. The molecule has 4 aromatic carbocycles. The molecule has 2 aliphatic heterocycles. The van der Waals surface area contributed by atoms with Crippen molar-refractivity contribution in [1.82, 2.24) is 39.9 Å². The third kappa shape index (κ3) is 3.41. The Morgan fingerprint density at radius 3 is 1.33 bits per heavy atom. The molecule has 3 aromatic heterocycles. The van der Waals surface area contributed by atoms with Crippen molar-refractivity contribution in [2.45, 2.75) is 0 Å². The normalized spacial score (nSPS) is 11.9. The summed E-state index contributed by atoms with van der Waals surface area (Å²) in [5, 5.41) is 3.56. The molecule has 0 amide bonds. The predicted molar refractivity (Wildman–Crippen MR) is 157 cm³/mol. The fourth-order valence-corrected chi connectivity index (χ4v) is 6.01. The van der Waals surface area contributed by atoms with E-state index in [0.717, 1.165) is 43.8 Å². The van der Waals surface area contributed by atoms with E-state index in [2.05, 4.69) is 9.97 Å². The van der Waals surface area contributed by atoms with Crippen molar-refractivity contribution in [3.63, 3.8) is 0 Å². The number of nitrogens with one attached hydrogen (secondary N) is 2. The van der Waals surface area contributed by atoms with Crippen molar-refractivity contribution >= 4 is 44.1 Å². The van der Waals surface area contributed by atoms with Crippen LogP contribution in [0.15, 0.2) is 91.0 Å². The Kier molecular flexibility index (Phi) is 4.96. The van der Waals surface area contributed by atoms with Crippen LogP contribution in [0.4, 0.5) is 0 Å². The molecule has 0 unspecified atom stereocenters. The molecule has 8 bridgehead atoms. The standard InChI is InChI=1S/C32H18N8O.Ti/c41-23-15-7-14-22-24(23)32-39-30-21-13-6-5-12-20(21)28(37-30)35-26-17-9-2-1-8-16(17)25(33-26)34-27-18-10-3-4-11-19(18)29(36-27)38-31(22)40-32;/h1-15,41H,(H2,33,34,35,36,37,38,39,40);/q;+1/p-1. The van der Waals surface area contributed by atoms with Gasteiger partial charge in [-0.3, -0.25) is 0 Å². The Labute approximate surface area is 249 Å². The Morgan fingerprint density at radius 2 is 0.833 bits per heavy atom. The monoisotopic (exact) mass is 577 g/mol. The molecule has 9 nitrogen and oxygen atoms in total. The minimum atomic E-state index is 0.553. The van der Waals surface area contributed by atoms with Crippen LogP contribution in [0, 0.1) is 0 Å². The van der Waals surface area contributed by atoms with E-state index in [9.17, 15) is 0 Å². The summed E-state index contributed by atoms with van der Waals surface area (Å²) in [6.45, 7) is 0. The Hall–Kier alpha value is -5.25. The molecule has 0 saturated heterocycles. The summed E-state index contributed by atoms with van der Waals surface area (Å²) in [7, 11) is 0. The van der Waals surface area contributed by atoms with Gasteiger partial charge in [0.15, 0.2) is 0 Å². The van der Waals surface area contributed by atoms with Gasteiger partial charge in [-0.15, -0.1) is 0 Å². The van der Waals surface area contributed by atoms with Crippen LogP contribution in [0.1, 0.15) is 0 Å². The van der Waals surface area contributed by atoms with Crippen molar-refractivity contribution in [2.75, 3.05) is 0 Å². The van der Waals surface area contributed by atoms with Crippen LogP contribution >= 0.6 is 0 Å². The van der Waals surface area contributed by atoms with Crippen LogP contribution in [0.25, 0.3) is 89.7 Å². The second-order valence-corrected chi connectivity index (χ2v) is 10.3. The summed E-state index contributed by atoms with van der Waals surface area (Å²) >= 11 is 1.65. The molecule has 10 heteroatoms. The quantitative estimate of drug-likeness (QED) is 0.208. The number of hydrogen-bond donors (Lipinski definition) is 2. The van der Waals surface area contributed by atoms with Gasteiger partial charge < -0.3 is 0 Å². The molecule has 2 aliphatic rings. The van der Waals surface area contributed by atoms with Gasteiger partial charge in [-0.05, 0) is 0 Å². The fourth-order valence-electron chi connectivity index (χ4n) is 5.74. The van der Waals surface area contributed by atoms with E-state index in [0.29, 0.717) is 51.6 Å². The molecule has 2 N–H and O–H groups in total. The molecule has 0 radical (unpaired) electrons. The van der Waals surface area contributed by atoms with Gasteiger partial charge in [0.25, 0.3) is 0 Å². The van der Waals surface area contributed by atoms with E-state index in [1.807, 2.05) is 91.0 Å². The summed E-state index contributed by atoms with van der Waals surface area (Å²) < 4.78 is 5.76. The average molecular weight is 577 g/mol. The van der Waals surface area contributed by atoms with Crippen LogP contribution in [-0.4, -0.2) is 39.9 Å². The van der Waals surface area contributed by atoms with Crippen molar-refractivity contribution in [2.24, 2.45) is 0 Å². The van der Waals surface area contributed by atoms with Crippen LogP contribution in [0.5, 0.6) is 5.75 Å². The van der Waals surface area contributed by atoms with Gasteiger partial charge in [-0.1, -0.05) is 18.2 Å². The molecule has 0 saturated carbocycles. The topological polar surface area (TPSA) is 118 Å². The predicted octanol–water partition coefficient (Wildman–Crippen LogP) is 6.71. The first-order valence-electron chi connectivity index (χ1n) is 13.3. The number of fused-ring (bicyclic) bond motifs is 20. The zero-order valence-corrected chi connectivity index (χ0v) is 23.3. The summed E-state index contributed by atoms with van der Waals surface area (Å²) in [5.74, 6) is 2.95. The van der Waals surface area contributed by atoms with Gasteiger partial charge in [0, 0.05) is 0 Å². The van der Waals surface area contributed by atoms with E-state index in [4.69, 9.17) is 33.2 Å². The van der Waals surface area contributed by atoms with Gasteiger partial charge in [-0.25, -0.2) is 0 Å². The molecule has 42 heavy (non-hydrogen) atoms. The van der Waals surface area contributed by atoms with E-state index < -0.39 is 0 Å². The number of nitrogens with zero attached hydrogens (tertiary/aromatic N) is 6. The van der Waals surface area contributed by atoms with Crippen LogP contribution in [0.2, 0.25) is 0 Å². The van der Waals surface area contributed by atoms with E-state index >= 15 is 0 Å². The number of aromatic nitrogens is 8. The van der Waals surface area contributed by atoms with Crippen LogP contribution < -0.4 is 3.32 Å². The first-order valence-corrected chi connectivity index (χ1v) is 14.0. The molecule has 9 rings (SSSR count). The third-order valence-corrected chi connectivity index (χ3v) is 7.99. The molecular weight excluding hydrogens is 560 g/mol. The van der Waals surface area contributed by atoms with E-state index in [1.165, 1.54) is 0 Å². The summed E-state index contributed by atoms with van der Waals surface area (Å²) in [4.78, 5) is 36.9. The second-order valence-electron chi connectivity index (χ2n) is 10.0. The molecule has 5 heterocycles. The molecule has 0 atom stereocenters. The average Bonchev–Trinajstić information content (AvgIpc) is 3.76. The van der Waals surface area contributed by atoms with Crippen molar-refractivity contribution in [1.29, 1.82) is 0 Å². The van der Waals surface area contributed by atoms with Gasteiger partial charge in [0.2, 0.25) is 0 Å². The fraction of sp³-hybridized carbons (Fsp3) is 0. The maximum atomic E-state index is 5.76. The van der Waals surface area contributed by atoms with Crippen molar-refractivity contribution in [3.8, 4) is 51.3 Å². The molecule has 7 aromatic rings. The Balaban J connectivity index is 1.52. The van der Waals surface area contributed by atoms with E-state index in [1.54, 1.807) is 20.8 Å². The van der Waals surface area contributed by atoms with Gasteiger partial charge in [0.05, 0.1) is 0 Å². The summed E-state index contributed by atoms with van der Waals surface area (Å²) in [5.41, 5.74) is 6.16. The molecule has 0 fully saturated rings. The SMILES string of the molecule is [Ti][O]c1cccc2c3nc4nc(nc5[nH]c(nc6nc(nc([nH]3)c12)-c1ccccc1-6)c1ccccc51)-c1ccccc1-4. The number of rotatable bonds is 1. The Morgan fingerprint density at radius 1 is 0.429 bits per heavy atom. The van der Waals surface area contributed by atoms with Crippen molar-refractivity contribution in [3.05, 3.63) is 91.0 Å². The van der Waals surface area contributed by atoms with Gasteiger partial charge >= 0.3 is 232 Å². The third-order valence-electron chi connectivity index (χ3n) is 7.65. The number of benzene rings is 4. The van der Waals surface area contributed by atoms with E-state index in [-0.39, 0.29) is 0 Å². The van der Waals surface area contributed by atoms with Crippen molar-refractivity contribution < 1.29 is 24.1 Å². The summed E-state index contributed by atoms with van der Waals surface area (Å²) in [6.07, 6.45) is 0. The van der Waals surface area contributed by atoms with Crippen LogP contribution in [0.3, 0.4) is 0 Å². The minimum absolute atomic E-state index is 0.553. The first-order chi connectivity index (χ1) is 20.7. The number of H-pyrrole nitrogens is 2. The zero-order valence-electron chi connectivity index (χ0n) is 21.8. The molecule has 0 spiro atoms. The number of hydrogen-bond acceptors (Lipinski definition) is 7. The second kappa shape index (κ2) is 8.88. The maximum absolute atomic E-state index is 5.76. The van der Waals surface area contributed by atoms with Gasteiger partial charge in [-0.2, -0.15) is 0 Å². The molecule has 195 valence electrons. The molecular formula is C32H17N8OTi. The van der Waals surface area contributed by atoms with Gasteiger partial charge in [0.1, 0.15) is 0 Å². The zero-order chi connectivity index (χ0) is 27.8. The Bertz CT molecular complexity index is 2420. The number of aromatic amines is 2.